The topological polar surface area (TPSA) is 71.8 Å². The van der Waals surface area contributed by atoms with E-state index in [9.17, 15) is 9.18 Å². The summed E-state index contributed by atoms with van der Waals surface area (Å²) < 4.78 is 15.4. The second-order valence-corrected chi connectivity index (χ2v) is 9.18. The van der Waals surface area contributed by atoms with Crippen molar-refractivity contribution in [3.05, 3.63) is 95.3 Å². The van der Waals surface area contributed by atoms with Gasteiger partial charge >= 0.3 is 0 Å². The zero-order valence-corrected chi connectivity index (χ0v) is 18.9. The molecule has 6 nitrogen and oxygen atoms in total. The zero-order chi connectivity index (χ0) is 22.9. The quantitative estimate of drug-likeness (QED) is 0.444. The van der Waals surface area contributed by atoms with Gasteiger partial charge in [-0.25, -0.2) is 9.07 Å². The van der Waals surface area contributed by atoms with Crippen LogP contribution in [0, 0.1) is 19.7 Å². The van der Waals surface area contributed by atoms with Gasteiger partial charge in [0.25, 0.3) is 0 Å². The molecule has 0 bridgehead atoms. The predicted octanol–water partition coefficient (Wildman–Crippen LogP) is 5.10. The minimum Gasteiger partial charge on any atom is -0.325 e. The van der Waals surface area contributed by atoms with Crippen LogP contribution >= 0.6 is 11.8 Å². The molecule has 166 valence electrons. The molecule has 0 radical (unpaired) electrons. The predicted molar refractivity (Wildman–Crippen MR) is 128 cm³/mol. The van der Waals surface area contributed by atoms with Gasteiger partial charge in [0.05, 0.1) is 6.04 Å². The molecule has 3 aromatic carbocycles. The Morgan fingerprint density at radius 2 is 1.70 bits per heavy atom. The molecule has 33 heavy (non-hydrogen) atoms. The van der Waals surface area contributed by atoms with Crippen molar-refractivity contribution in [1.29, 1.82) is 0 Å². The standard InChI is InChI=1S/C25H22FN5OS/c1-15-12-16(2)14-20(13-15)27-24(32)22-21(17-8-10-19(26)11-9-17)30-31-23(28-29-25(31)33-22)18-6-4-3-5-7-18/h3-14,21-22,30H,1-2H3,(H,27,32)/t21-,22+/m0/s1. The maximum absolute atomic E-state index is 13.6. The number of nitrogens with one attached hydrogen (secondary N) is 2. The number of benzene rings is 3. The molecule has 2 atom stereocenters. The molecule has 0 aliphatic carbocycles. The number of fused-ring (bicyclic) bond motifs is 1. The lowest BCUT2D eigenvalue weighted by molar-refractivity contribution is -0.116. The molecule has 0 saturated heterocycles. The smallest absolute Gasteiger partial charge is 0.240 e. The Kier molecular flexibility index (Phi) is 5.60. The van der Waals surface area contributed by atoms with Crippen LogP contribution in [0.4, 0.5) is 10.1 Å². The monoisotopic (exact) mass is 459 g/mol. The van der Waals surface area contributed by atoms with Gasteiger partial charge in [-0.2, -0.15) is 0 Å². The molecular weight excluding hydrogens is 437 g/mol. The summed E-state index contributed by atoms with van der Waals surface area (Å²) in [7, 11) is 0. The maximum Gasteiger partial charge on any atom is 0.240 e. The van der Waals surface area contributed by atoms with Crippen molar-refractivity contribution in [3.8, 4) is 11.4 Å². The van der Waals surface area contributed by atoms with Gasteiger partial charge < -0.3 is 10.7 Å². The highest BCUT2D eigenvalue weighted by molar-refractivity contribution is 8.00. The molecule has 4 aromatic rings. The van der Waals surface area contributed by atoms with Crippen molar-refractivity contribution in [2.24, 2.45) is 0 Å². The minimum absolute atomic E-state index is 0.165. The Labute approximate surface area is 195 Å². The van der Waals surface area contributed by atoms with E-state index >= 15 is 0 Å². The van der Waals surface area contributed by atoms with Crippen LogP contribution in [-0.4, -0.2) is 26.0 Å². The van der Waals surface area contributed by atoms with Crippen LogP contribution in [0.3, 0.4) is 0 Å². The summed E-state index contributed by atoms with van der Waals surface area (Å²) in [6.45, 7) is 3.99. The molecule has 0 unspecified atom stereocenters. The van der Waals surface area contributed by atoms with Crippen molar-refractivity contribution in [3.63, 3.8) is 0 Å². The molecule has 0 spiro atoms. The van der Waals surface area contributed by atoms with Gasteiger partial charge in [0, 0.05) is 11.3 Å². The molecule has 0 fully saturated rings. The van der Waals surface area contributed by atoms with Gasteiger partial charge in [-0.15, -0.1) is 10.2 Å². The van der Waals surface area contributed by atoms with Gasteiger partial charge in [0.15, 0.2) is 5.82 Å². The van der Waals surface area contributed by atoms with Crippen LogP contribution in [0.15, 0.2) is 78.0 Å². The fraction of sp³-hybridized carbons (Fsp3) is 0.160. The van der Waals surface area contributed by atoms with Crippen LogP contribution in [-0.2, 0) is 4.79 Å². The summed E-state index contributed by atoms with van der Waals surface area (Å²) in [5, 5.41) is 11.8. The number of hydrogen-bond acceptors (Lipinski definition) is 5. The van der Waals surface area contributed by atoms with Gasteiger partial charge in [-0.1, -0.05) is 60.3 Å². The number of halogens is 1. The van der Waals surface area contributed by atoms with Crippen molar-refractivity contribution < 1.29 is 9.18 Å². The van der Waals surface area contributed by atoms with Gasteiger partial charge in [-0.05, 0) is 54.8 Å². The van der Waals surface area contributed by atoms with Crippen LogP contribution in [0.5, 0.6) is 0 Å². The number of carbonyl (C=O) groups is 1. The van der Waals surface area contributed by atoms with E-state index < -0.39 is 11.3 Å². The Hall–Kier alpha value is -3.65. The molecule has 0 saturated carbocycles. The molecule has 1 amide bonds. The SMILES string of the molecule is Cc1cc(C)cc(NC(=O)[C@@H]2Sc3nnc(-c4ccccc4)n3N[C@H]2c2ccc(F)cc2)c1. The van der Waals surface area contributed by atoms with Crippen LogP contribution in [0.2, 0.25) is 0 Å². The Morgan fingerprint density at radius 3 is 2.39 bits per heavy atom. The maximum atomic E-state index is 13.6. The first-order chi connectivity index (χ1) is 16.0. The molecular formula is C25H22FN5OS. The van der Waals surface area contributed by atoms with E-state index in [2.05, 4.69) is 27.0 Å². The fourth-order valence-electron chi connectivity index (χ4n) is 4.01. The number of anilines is 1. The molecule has 8 heteroatoms. The summed E-state index contributed by atoms with van der Waals surface area (Å²) in [4.78, 5) is 13.4. The summed E-state index contributed by atoms with van der Waals surface area (Å²) in [6, 6.07) is 21.4. The summed E-state index contributed by atoms with van der Waals surface area (Å²) in [5.41, 5.74) is 7.99. The zero-order valence-electron chi connectivity index (χ0n) is 18.1. The van der Waals surface area contributed by atoms with E-state index in [1.165, 1.54) is 23.9 Å². The largest absolute Gasteiger partial charge is 0.325 e. The number of aryl methyl sites for hydroxylation is 2. The van der Waals surface area contributed by atoms with Crippen LogP contribution in [0.1, 0.15) is 22.7 Å². The number of hydrogen-bond donors (Lipinski definition) is 2. The third kappa shape index (κ3) is 4.34. The van der Waals surface area contributed by atoms with Crippen LogP contribution < -0.4 is 10.7 Å². The van der Waals surface area contributed by atoms with E-state index in [1.807, 2.05) is 56.3 Å². The molecule has 1 aliphatic heterocycles. The van der Waals surface area contributed by atoms with E-state index in [0.29, 0.717) is 11.0 Å². The first-order valence-electron chi connectivity index (χ1n) is 10.6. The van der Waals surface area contributed by atoms with Crippen molar-refractivity contribution in [1.82, 2.24) is 14.9 Å². The first-order valence-corrected chi connectivity index (χ1v) is 11.4. The Balaban J connectivity index is 1.51. The average molecular weight is 460 g/mol. The third-order valence-electron chi connectivity index (χ3n) is 5.45. The first kappa shape index (κ1) is 21.2. The highest BCUT2D eigenvalue weighted by atomic mass is 32.2. The minimum atomic E-state index is -0.545. The van der Waals surface area contributed by atoms with E-state index in [0.717, 1.165) is 27.9 Å². The summed E-state index contributed by atoms with van der Waals surface area (Å²) in [5.74, 6) is 0.161. The van der Waals surface area contributed by atoms with Crippen molar-refractivity contribution >= 4 is 23.4 Å². The van der Waals surface area contributed by atoms with E-state index in [4.69, 9.17) is 0 Å². The van der Waals surface area contributed by atoms with Crippen molar-refractivity contribution in [2.75, 3.05) is 10.7 Å². The van der Waals surface area contributed by atoms with E-state index in [1.54, 1.807) is 16.8 Å². The highest BCUT2D eigenvalue weighted by Gasteiger charge is 2.38. The number of amides is 1. The lowest BCUT2D eigenvalue weighted by Gasteiger charge is -2.33. The summed E-state index contributed by atoms with van der Waals surface area (Å²) in [6.07, 6.45) is 0. The lowest BCUT2D eigenvalue weighted by Crippen LogP contribution is -2.41. The second kappa shape index (κ2) is 8.71. The third-order valence-corrected chi connectivity index (χ3v) is 6.66. The van der Waals surface area contributed by atoms with Crippen molar-refractivity contribution in [2.45, 2.75) is 30.3 Å². The number of aromatic nitrogens is 3. The number of thioether (sulfide) groups is 1. The molecule has 5 rings (SSSR count). The molecule has 1 aliphatic rings. The van der Waals surface area contributed by atoms with E-state index in [-0.39, 0.29) is 11.7 Å². The summed E-state index contributed by atoms with van der Waals surface area (Å²) >= 11 is 1.34. The molecule has 2 heterocycles. The van der Waals surface area contributed by atoms with Crippen LogP contribution in [0.25, 0.3) is 11.4 Å². The number of rotatable bonds is 4. The second-order valence-electron chi connectivity index (χ2n) is 8.07. The Bertz CT molecular complexity index is 1290. The average Bonchev–Trinajstić information content (AvgIpc) is 3.21. The highest BCUT2D eigenvalue weighted by Crippen LogP contribution is 2.39. The number of carbonyl (C=O) groups excluding carboxylic acids is 1. The molecule has 2 N–H and O–H groups in total. The fourth-order valence-corrected chi connectivity index (χ4v) is 5.09. The Morgan fingerprint density at radius 1 is 1.00 bits per heavy atom. The van der Waals surface area contributed by atoms with Gasteiger partial charge in [0.1, 0.15) is 11.1 Å². The lowest BCUT2D eigenvalue weighted by atomic mass is 10.0. The van der Waals surface area contributed by atoms with Gasteiger partial charge in [-0.3, -0.25) is 4.79 Å². The molecule has 1 aromatic heterocycles. The normalized spacial score (nSPS) is 17.2. The van der Waals surface area contributed by atoms with Gasteiger partial charge in [0.2, 0.25) is 11.1 Å². The number of nitrogens with zero attached hydrogens (tertiary/aromatic N) is 3.